The molecule has 2 heterocycles. The van der Waals surface area contributed by atoms with Crippen LogP contribution in [-0.4, -0.2) is 22.1 Å². The van der Waals surface area contributed by atoms with E-state index in [9.17, 15) is 4.39 Å². The third-order valence-corrected chi connectivity index (χ3v) is 5.29. The highest BCUT2D eigenvalue weighted by Gasteiger charge is 2.15. The molecule has 0 aliphatic carbocycles. The van der Waals surface area contributed by atoms with E-state index in [4.69, 9.17) is 17.3 Å². The van der Waals surface area contributed by atoms with E-state index >= 15 is 0 Å². The molecule has 0 spiro atoms. The van der Waals surface area contributed by atoms with Gasteiger partial charge in [0.1, 0.15) is 11.5 Å². The second-order valence-corrected chi connectivity index (χ2v) is 7.23. The topological polar surface area (TPSA) is 55.7 Å². The van der Waals surface area contributed by atoms with Crippen molar-refractivity contribution in [3.8, 4) is 11.1 Å². The van der Waals surface area contributed by atoms with Crippen molar-refractivity contribution in [2.24, 2.45) is 10.7 Å². The van der Waals surface area contributed by atoms with Crippen molar-refractivity contribution in [2.45, 2.75) is 33.1 Å². The number of nitrogens with zero attached hydrogens (tertiary/aromatic N) is 3. The number of aromatic nitrogens is 2. The number of fused-ring (bicyclic) bond motifs is 1. The average Bonchev–Trinajstić information content (AvgIpc) is 3.15. The molecule has 28 heavy (non-hydrogen) atoms. The Balaban J connectivity index is 1.92. The Kier molecular flexibility index (Phi) is 6.15. The summed E-state index contributed by atoms with van der Waals surface area (Å²) in [4.78, 5) is 8.49. The van der Waals surface area contributed by atoms with Crippen LogP contribution in [0.5, 0.6) is 0 Å². The molecule has 0 saturated carbocycles. The number of imidazole rings is 1. The molecular weight excluding hydrogens is 375 g/mol. The number of hydrogen-bond donors (Lipinski definition) is 1. The minimum absolute atomic E-state index is 0.138. The molecule has 0 fully saturated rings. The maximum absolute atomic E-state index is 14.9. The Morgan fingerprint density at radius 2 is 2.04 bits per heavy atom. The maximum Gasteiger partial charge on any atom is 0.145 e. The van der Waals surface area contributed by atoms with E-state index in [0.29, 0.717) is 12.0 Å². The Morgan fingerprint density at radius 1 is 1.25 bits per heavy atom. The second-order valence-electron chi connectivity index (χ2n) is 6.82. The summed E-state index contributed by atoms with van der Waals surface area (Å²) >= 11 is 6.08. The van der Waals surface area contributed by atoms with E-state index in [2.05, 4.69) is 9.98 Å². The molecule has 0 atom stereocenters. The van der Waals surface area contributed by atoms with E-state index in [1.165, 1.54) is 0 Å². The van der Waals surface area contributed by atoms with Crippen molar-refractivity contribution in [3.05, 3.63) is 70.5 Å². The predicted molar refractivity (Wildman–Crippen MR) is 114 cm³/mol. The fourth-order valence-electron chi connectivity index (χ4n) is 3.43. The van der Waals surface area contributed by atoms with Crippen LogP contribution in [0.15, 0.2) is 59.1 Å². The van der Waals surface area contributed by atoms with E-state index in [1.54, 1.807) is 19.3 Å². The number of rotatable bonds is 6. The van der Waals surface area contributed by atoms with Crippen LogP contribution in [0.4, 0.5) is 4.39 Å². The zero-order valence-corrected chi connectivity index (χ0v) is 17.1. The Hall–Kier alpha value is -2.66. The molecule has 6 heteroatoms. The zero-order chi connectivity index (χ0) is 20.3. The first kappa shape index (κ1) is 20.1. The van der Waals surface area contributed by atoms with Gasteiger partial charge in [-0.15, -0.1) is 0 Å². The number of hydrogen-bond acceptors (Lipinski definition) is 3. The van der Waals surface area contributed by atoms with Crippen molar-refractivity contribution in [3.63, 3.8) is 0 Å². The largest absolute Gasteiger partial charge is 0.402 e. The van der Waals surface area contributed by atoms with Gasteiger partial charge in [0.2, 0.25) is 0 Å². The molecule has 0 amide bonds. The fraction of sp³-hybridized carbons (Fsp3) is 0.273. The fourth-order valence-corrected chi connectivity index (χ4v) is 3.60. The lowest BCUT2D eigenvalue weighted by atomic mass is 9.94. The van der Waals surface area contributed by atoms with Gasteiger partial charge in [0.15, 0.2) is 0 Å². The number of nitrogens with two attached hydrogens (primary N) is 1. The van der Waals surface area contributed by atoms with Gasteiger partial charge in [-0.1, -0.05) is 17.7 Å². The molecule has 3 aromatic rings. The average molecular weight is 399 g/mol. The summed E-state index contributed by atoms with van der Waals surface area (Å²) < 4.78 is 16.8. The summed E-state index contributed by atoms with van der Waals surface area (Å²) in [7, 11) is 1.75. The van der Waals surface area contributed by atoms with Gasteiger partial charge in [0, 0.05) is 37.0 Å². The highest BCUT2D eigenvalue weighted by Crippen LogP contribution is 2.31. The highest BCUT2D eigenvalue weighted by molar-refractivity contribution is 6.30. The van der Waals surface area contributed by atoms with E-state index < -0.39 is 0 Å². The van der Waals surface area contributed by atoms with Gasteiger partial charge in [-0.05, 0) is 73.6 Å². The summed E-state index contributed by atoms with van der Waals surface area (Å²) in [5.41, 5.74) is 11.9. The van der Waals surface area contributed by atoms with Crippen LogP contribution in [-0.2, 0) is 6.42 Å². The lowest BCUT2D eigenvalue weighted by Crippen LogP contribution is -2.07. The normalized spacial score (nSPS) is 13.1. The first-order valence-electron chi connectivity index (χ1n) is 9.21. The molecule has 4 nitrogen and oxygen atoms in total. The van der Waals surface area contributed by atoms with Crippen molar-refractivity contribution in [2.75, 3.05) is 7.05 Å². The molecule has 0 bridgehead atoms. The van der Waals surface area contributed by atoms with Gasteiger partial charge < -0.3 is 10.1 Å². The Morgan fingerprint density at radius 3 is 2.75 bits per heavy atom. The Bertz CT molecular complexity index is 1060. The molecular formula is C22H24ClFN4. The number of benzene rings is 1. The van der Waals surface area contributed by atoms with Gasteiger partial charge in [0.25, 0.3) is 0 Å². The van der Waals surface area contributed by atoms with Crippen LogP contribution in [0, 0.1) is 5.82 Å². The van der Waals surface area contributed by atoms with Crippen molar-refractivity contribution in [1.29, 1.82) is 0 Å². The summed E-state index contributed by atoms with van der Waals surface area (Å²) in [6, 6.07) is 7.36. The third kappa shape index (κ3) is 4.09. The molecule has 0 unspecified atom stereocenters. The van der Waals surface area contributed by atoms with Gasteiger partial charge in [-0.25, -0.2) is 9.37 Å². The Labute approximate surface area is 169 Å². The number of halogens is 2. The van der Waals surface area contributed by atoms with E-state index in [1.807, 2.05) is 48.8 Å². The van der Waals surface area contributed by atoms with Crippen LogP contribution in [0.2, 0.25) is 5.02 Å². The quantitative estimate of drug-likeness (QED) is 0.562. The summed E-state index contributed by atoms with van der Waals surface area (Å²) in [6.45, 7) is 3.81. The predicted octanol–water partition coefficient (Wildman–Crippen LogP) is 5.44. The van der Waals surface area contributed by atoms with Gasteiger partial charge >= 0.3 is 0 Å². The van der Waals surface area contributed by atoms with Gasteiger partial charge in [-0.2, -0.15) is 0 Å². The van der Waals surface area contributed by atoms with Crippen LogP contribution < -0.4 is 5.73 Å². The first-order valence-corrected chi connectivity index (χ1v) is 9.59. The molecule has 2 aromatic heterocycles. The minimum Gasteiger partial charge on any atom is -0.402 e. The molecule has 3 rings (SSSR count). The molecule has 146 valence electrons. The van der Waals surface area contributed by atoms with Crippen LogP contribution in [0.3, 0.4) is 0 Å². The van der Waals surface area contributed by atoms with E-state index in [-0.39, 0.29) is 10.8 Å². The first-order chi connectivity index (χ1) is 13.4. The van der Waals surface area contributed by atoms with Gasteiger partial charge in [-0.3, -0.25) is 4.99 Å². The number of aliphatic imine (C=N–C) groups is 1. The zero-order valence-electron chi connectivity index (χ0n) is 16.3. The van der Waals surface area contributed by atoms with Crippen molar-refractivity contribution < 1.29 is 4.39 Å². The molecule has 1 aromatic carbocycles. The maximum atomic E-state index is 14.9. The standard InChI is InChI=1S/C22H24ClFN4/c1-14(25)17(15(2)26-3)5-4-6-19-18(8-9-20(23)22(19)24)16-7-10-21-27-11-12-28(21)13-16/h7-13H,4-6,25H2,1-3H3/b17-14-,26-15?. The number of allylic oxidation sites excluding steroid dienone is 2. The highest BCUT2D eigenvalue weighted by atomic mass is 35.5. The summed E-state index contributed by atoms with van der Waals surface area (Å²) in [6.07, 6.45) is 7.60. The van der Waals surface area contributed by atoms with Crippen LogP contribution >= 0.6 is 11.6 Å². The lowest BCUT2D eigenvalue weighted by Gasteiger charge is -2.14. The van der Waals surface area contributed by atoms with Crippen LogP contribution in [0.1, 0.15) is 32.3 Å². The SMILES string of the molecule is CN=C(C)/C(CCCc1c(-c2ccc3nccn3c2)ccc(Cl)c1F)=C(/C)N. The van der Waals surface area contributed by atoms with E-state index in [0.717, 1.165) is 46.6 Å². The second kappa shape index (κ2) is 8.57. The third-order valence-electron chi connectivity index (χ3n) is 5.00. The molecule has 0 radical (unpaired) electrons. The lowest BCUT2D eigenvalue weighted by molar-refractivity contribution is 0.606. The molecule has 0 aliphatic heterocycles. The van der Waals surface area contributed by atoms with Gasteiger partial charge in [0.05, 0.1) is 5.02 Å². The number of pyridine rings is 1. The molecule has 0 aliphatic rings. The summed E-state index contributed by atoms with van der Waals surface area (Å²) in [5.74, 6) is -0.360. The minimum atomic E-state index is -0.360. The monoisotopic (exact) mass is 398 g/mol. The van der Waals surface area contributed by atoms with Crippen molar-refractivity contribution >= 4 is 23.0 Å². The smallest absolute Gasteiger partial charge is 0.145 e. The molecule has 2 N–H and O–H groups in total. The molecule has 0 saturated heterocycles. The van der Waals surface area contributed by atoms with Crippen LogP contribution in [0.25, 0.3) is 16.8 Å². The van der Waals surface area contributed by atoms with Crippen molar-refractivity contribution in [1.82, 2.24) is 9.38 Å². The summed E-state index contributed by atoms with van der Waals surface area (Å²) in [5, 5.41) is 0.138.